The maximum atomic E-state index is 11.9. The van der Waals surface area contributed by atoms with E-state index in [4.69, 9.17) is 0 Å². The van der Waals surface area contributed by atoms with Gasteiger partial charge in [-0.1, -0.05) is 22.0 Å². The average Bonchev–Trinajstić information content (AvgIpc) is 2.34. The van der Waals surface area contributed by atoms with Crippen LogP contribution in [0.5, 0.6) is 0 Å². The lowest BCUT2D eigenvalue weighted by Crippen LogP contribution is -2.13. The van der Waals surface area contributed by atoms with Gasteiger partial charge in [-0.3, -0.25) is 4.79 Å². The number of aryl methyl sites for hydroxylation is 1. The van der Waals surface area contributed by atoms with Gasteiger partial charge in [-0.2, -0.15) is 0 Å². The van der Waals surface area contributed by atoms with Gasteiger partial charge in [0.1, 0.15) is 5.69 Å². The first-order chi connectivity index (χ1) is 8.56. The zero-order valence-corrected chi connectivity index (χ0v) is 12.7. The summed E-state index contributed by atoms with van der Waals surface area (Å²) < 4.78 is 1.81. The Morgan fingerprint density at radius 2 is 2.00 bits per heavy atom. The normalized spacial score (nSPS) is 10.2. The highest BCUT2D eigenvalue weighted by Gasteiger charge is 2.07. The van der Waals surface area contributed by atoms with Gasteiger partial charge < -0.3 is 5.32 Å². The van der Waals surface area contributed by atoms with E-state index < -0.39 is 0 Å². The van der Waals surface area contributed by atoms with Crippen LogP contribution in [0.15, 0.2) is 45.5 Å². The molecule has 0 unspecified atom stereocenters. The second-order valence-corrected chi connectivity index (χ2v) is 5.55. The van der Waals surface area contributed by atoms with Crippen molar-refractivity contribution in [1.82, 2.24) is 4.98 Å². The number of carbonyl (C=O) groups excluding carboxylic acids is 1. The molecule has 1 amide bonds. The van der Waals surface area contributed by atoms with Gasteiger partial charge >= 0.3 is 0 Å². The average molecular weight is 370 g/mol. The van der Waals surface area contributed by atoms with Crippen LogP contribution < -0.4 is 5.32 Å². The highest BCUT2D eigenvalue weighted by Crippen LogP contribution is 2.21. The Hall–Kier alpha value is -1.20. The molecule has 3 nitrogen and oxygen atoms in total. The third-order valence-corrected chi connectivity index (χ3v) is 3.71. The summed E-state index contributed by atoms with van der Waals surface area (Å²) in [5.41, 5.74) is 2.24. The number of hydrogen-bond donors (Lipinski definition) is 1. The van der Waals surface area contributed by atoms with E-state index in [1.54, 1.807) is 18.3 Å². The lowest BCUT2D eigenvalue weighted by molar-refractivity contribution is 0.102. The summed E-state index contributed by atoms with van der Waals surface area (Å²) in [5.74, 6) is -0.224. The first-order valence-electron chi connectivity index (χ1n) is 5.25. The van der Waals surface area contributed by atoms with Crippen LogP contribution in [0.4, 0.5) is 5.69 Å². The molecule has 1 aromatic heterocycles. The number of rotatable bonds is 2. The lowest BCUT2D eigenvalue weighted by atomic mass is 10.2. The van der Waals surface area contributed by atoms with E-state index in [-0.39, 0.29) is 5.91 Å². The highest BCUT2D eigenvalue weighted by molar-refractivity contribution is 9.10. The van der Waals surface area contributed by atoms with Crippen molar-refractivity contribution in [3.05, 3.63) is 56.7 Å². The number of nitrogens with zero attached hydrogens (tertiary/aromatic N) is 1. The summed E-state index contributed by atoms with van der Waals surface area (Å²) in [6, 6.07) is 9.12. The van der Waals surface area contributed by atoms with Gasteiger partial charge in [0.15, 0.2) is 0 Å². The summed E-state index contributed by atoms with van der Waals surface area (Å²) in [4.78, 5) is 16.0. The zero-order chi connectivity index (χ0) is 13.1. The van der Waals surface area contributed by atoms with E-state index in [1.807, 2.05) is 25.1 Å². The third kappa shape index (κ3) is 3.17. The summed E-state index contributed by atoms with van der Waals surface area (Å²) in [7, 11) is 0. The second kappa shape index (κ2) is 5.63. The quantitative estimate of drug-likeness (QED) is 0.863. The van der Waals surface area contributed by atoms with Crippen molar-refractivity contribution in [2.45, 2.75) is 6.92 Å². The minimum Gasteiger partial charge on any atom is -0.321 e. The van der Waals surface area contributed by atoms with E-state index >= 15 is 0 Å². The standard InChI is InChI=1S/C13H10Br2N2O/c1-8-2-4-10(6-11(8)15)17-13(18)12-5-3-9(14)7-16-12/h2-7H,1H3,(H,17,18). The number of carbonyl (C=O) groups is 1. The van der Waals surface area contributed by atoms with Gasteiger partial charge in [0.05, 0.1) is 0 Å². The highest BCUT2D eigenvalue weighted by atomic mass is 79.9. The van der Waals surface area contributed by atoms with Crippen molar-refractivity contribution in [2.75, 3.05) is 5.32 Å². The number of anilines is 1. The number of pyridine rings is 1. The molecule has 0 aliphatic heterocycles. The SMILES string of the molecule is Cc1ccc(NC(=O)c2ccc(Br)cn2)cc1Br. The molecular weight excluding hydrogens is 360 g/mol. The number of hydrogen-bond acceptors (Lipinski definition) is 2. The molecule has 1 N–H and O–H groups in total. The van der Waals surface area contributed by atoms with Gasteiger partial charge in [0, 0.05) is 20.8 Å². The summed E-state index contributed by atoms with van der Waals surface area (Å²) in [6.07, 6.45) is 1.60. The predicted octanol–water partition coefficient (Wildman–Crippen LogP) is 4.17. The Morgan fingerprint density at radius 1 is 1.22 bits per heavy atom. The minimum atomic E-state index is -0.224. The van der Waals surface area contributed by atoms with Gasteiger partial charge in [0.2, 0.25) is 0 Å². The number of benzene rings is 1. The molecule has 18 heavy (non-hydrogen) atoms. The van der Waals surface area contributed by atoms with Crippen molar-refractivity contribution in [3.8, 4) is 0 Å². The first-order valence-corrected chi connectivity index (χ1v) is 6.84. The molecule has 0 bridgehead atoms. The lowest BCUT2D eigenvalue weighted by Gasteiger charge is -2.06. The molecule has 5 heteroatoms. The summed E-state index contributed by atoms with van der Waals surface area (Å²) >= 11 is 6.71. The fraction of sp³-hybridized carbons (Fsp3) is 0.0769. The molecule has 0 saturated carbocycles. The first kappa shape index (κ1) is 13.2. The number of aromatic nitrogens is 1. The van der Waals surface area contributed by atoms with Crippen LogP contribution in [-0.2, 0) is 0 Å². The second-order valence-electron chi connectivity index (χ2n) is 3.78. The van der Waals surface area contributed by atoms with Crippen LogP contribution in [0.25, 0.3) is 0 Å². The molecule has 0 aliphatic rings. The van der Waals surface area contributed by atoms with E-state index in [0.717, 1.165) is 20.2 Å². The van der Waals surface area contributed by atoms with Gasteiger partial charge in [-0.05, 0) is 52.7 Å². The van der Waals surface area contributed by atoms with Crippen molar-refractivity contribution in [3.63, 3.8) is 0 Å². The van der Waals surface area contributed by atoms with Gasteiger partial charge in [-0.15, -0.1) is 0 Å². The van der Waals surface area contributed by atoms with Gasteiger partial charge in [-0.25, -0.2) is 4.98 Å². The minimum absolute atomic E-state index is 0.224. The molecule has 0 atom stereocenters. The van der Waals surface area contributed by atoms with E-state index in [9.17, 15) is 4.79 Å². The zero-order valence-electron chi connectivity index (χ0n) is 9.58. The van der Waals surface area contributed by atoms with Crippen LogP contribution in [0.3, 0.4) is 0 Å². The smallest absolute Gasteiger partial charge is 0.274 e. The van der Waals surface area contributed by atoms with E-state index in [1.165, 1.54) is 0 Å². The topological polar surface area (TPSA) is 42.0 Å². The molecule has 2 aromatic rings. The number of halogens is 2. The predicted molar refractivity (Wildman–Crippen MR) is 78.8 cm³/mol. The Morgan fingerprint density at radius 3 is 2.61 bits per heavy atom. The van der Waals surface area contributed by atoms with E-state index in [0.29, 0.717) is 5.69 Å². The Kier molecular flexibility index (Phi) is 4.14. The van der Waals surface area contributed by atoms with Crippen molar-refractivity contribution >= 4 is 43.5 Å². The molecule has 0 saturated heterocycles. The van der Waals surface area contributed by atoms with Crippen LogP contribution in [-0.4, -0.2) is 10.9 Å². The molecule has 0 radical (unpaired) electrons. The van der Waals surface area contributed by atoms with Crippen molar-refractivity contribution in [1.29, 1.82) is 0 Å². The van der Waals surface area contributed by atoms with Crippen molar-refractivity contribution < 1.29 is 4.79 Å². The van der Waals surface area contributed by atoms with E-state index in [2.05, 4.69) is 42.2 Å². The van der Waals surface area contributed by atoms with Crippen molar-refractivity contribution in [2.24, 2.45) is 0 Å². The molecular formula is C13H10Br2N2O. The Balaban J connectivity index is 2.16. The van der Waals surface area contributed by atoms with Crippen LogP contribution in [0.1, 0.15) is 16.1 Å². The molecule has 1 aromatic carbocycles. The maximum Gasteiger partial charge on any atom is 0.274 e. The third-order valence-electron chi connectivity index (χ3n) is 2.39. The summed E-state index contributed by atoms with van der Waals surface area (Å²) in [5, 5.41) is 2.80. The molecule has 1 heterocycles. The number of nitrogens with one attached hydrogen (secondary N) is 1. The fourth-order valence-electron chi connectivity index (χ4n) is 1.38. The van der Waals surface area contributed by atoms with Crippen LogP contribution in [0, 0.1) is 6.92 Å². The van der Waals surface area contributed by atoms with Crippen LogP contribution >= 0.6 is 31.9 Å². The summed E-state index contributed by atoms with van der Waals surface area (Å²) in [6.45, 7) is 1.99. The number of amides is 1. The molecule has 0 spiro atoms. The fourth-order valence-corrected chi connectivity index (χ4v) is 1.99. The molecule has 2 rings (SSSR count). The van der Waals surface area contributed by atoms with Gasteiger partial charge in [0.25, 0.3) is 5.91 Å². The molecule has 92 valence electrons. The van der Waals surface area contributed by atoms with Crippen LogP contribution in [0.2, 0.25) is 0 Å². The Bertz CT molecular complexity index is 582. The monoisotopic (exact) mass is 368 g/mol. The Labute approximate surface area is 122 Å². The maximum absolute atomic E-state index is 11.9. The molecule has 0 aliphatic carbocycles. The molecule has 0 fully saturated rings. The largest absolute Gasteiger partial charge is 0.321 e.